The van der Waals surface area contributed by atoms with Crippen LogP contribution in [-0.2, 0) is 6.54 Å². The molecule has 3 aromatic rings. The van der Waals surface area contributed by atoms with Crippen LogP contribution in [0.2, 0.25) is 0 Å². The number of H-pyrrole nitrogens is 2. The molecule has 1 aliphatic rings. The van der Waals surface area contributed by atoms with Crippen molar-refractivity contribution in [1.29, 1.82) is 0 Å². The van der Waals surface area contributed by atoms with Gasteiger partial charge in [-0.05, 0) is 51.1 Å². The summed E-state index contributed by atoms with van der Waals surface area (Å²) < 4.78 is 13.3. The van der Waals surface area contributed by atoms with Crippen molar-refractivity contribution >= 4 is 11.0 Å². The van der Waals surface area contributed by atoms with Gasteiger partial charge in [0.15, 0.2) is 0 Å². The maximum atomic E-state index is 13.3. The molecule has 1 aromatic carbocycles. The first kappa shape index (κ1) is 14.4. The number of aryl methyl sites for hydroxylation is 1. The number of halogens is 1. The Labute approximate surface area is 134 Å². The monoisotopic (exact) mass is 313 g/mol. The van der Waals surface area contributed by atoms with Gasteiger partial charge >= 0.3 is 0 Å². The summed E-state index contributed by atoms with van der Waals surface area (Å²) >= 11 is 0. The zero-order valence-electron chi connectivity index (χ0n) is 13.1. The van der Waals surface area contributed by atoms with Crippen LogP contribution in [0.25, 0.3) is 11.0 Å². The first-order valence-electron chi connectivity index (χ1n) is 8.05. The molecule has 0 unspecified atom stereocenters. The second-order valence-electron chi connectivity index (χ2n) is 6.31. The van der Waals surface area contributed by atoms with Gasteiger partial charge in [0.1, 0.15) is 11.6 Å². The molecule has 0 amide bonds. The largest absolute Gasteiger partial charge is 0.348 e. The minimum Gasteiger partial charge on any atom is -0.348 e. The van der Waals surface area contributed by atoms with E-state index in [1.54, 1.807) is 12.4 Å². The smallest absolute Gasteiger partial charge is 0.125 e. The molecule has 0 saturated carbocycles. The Morgan fingerprint density at radius 1 is 1.30 bits per heavy atom. The van der Waals surface area contributed by atoms with Gasteiger partial charge in [-0.3, -0.25) is 4.90 Å². The van der Waals surface area contributed by atoms with Crippen LogP contribution in [0.4, 0.5) is 4.39 Å². The third-order valence-corrected chi connectivity index (χ3v) is 4.74. The Balaban J connectivity index is 1.43. The van der Waals surface area contributed by atoms with Gasteiger partial charge in [0.05, 0.1) is 23.1 Å². The van der Waals surface area contributed by atoms with Crippen molar-refractivity contribution in [3.05, 3.63) is 47.6 Å². The maximum absolute atomic E-state index is 13.3. The number of aromatic amines is 2. The number of rotatable bonds is 3. The molecule has 1 saturated heterocycles. The quantitative estimate of drug-likeness (QED) is 0.781. The summed E-state index contributed by atoms with van der Waals surface area (Å²) in [5.74, 6) is 1.18. The fourth-order valence-electron chi connectivity index (χ4n) is 3.32. The van der Waals surface area contributed by atoms with E-state index in [4.69, 9.17) is 0 Å². The van der Waals surface area contributed by atoms with E-state index in [2.05, 4.69) is 31.8 Å². The van der Waals surface area contributed by atoms with Gasteiger partial charge in [-0.1, -0.05) is 0 Å². The van der Waals surface area contributed by atoms with E-state index < -0.39 is 0 Å². The van der Waals surface area contributed by atoms with Crippen molar-refractivity contribution in [3.63, 3.8) is 0 Å². The molecule has 0 atom stereocenters. The van der Waals surface area contributed by atoms with E-state index in [0.717, 1.165) is 60.7 Å². The van der Waals surface area contributed by atoms with E-state index >= 15 is 0 Å². The van der Waals surface area contributed by atoms with Crippen molar-refractivity contribution in [1.82, 2.24) is 24.8 Å². The number of nitrogens with one attached hydrogen (secondary N) is 2. The highest BCUT2D eigenvalue weighted by atomic mass is 19.1. The molecule has 2 N–H and O–H groups in total. The number of benzene rings is 1. The molecule has 0 spiro atoms. The molecule has 1 aliphatic heterocycles. The zero-order chi connectivity index (χ0) is 15.8. The molecule has 0 bridgehead atoms. The van der Waals surface area contributed by atoms with Gasteiger partial charge in [-0.15, -0.1) is 0 Å². The van der Waals surface area contributed by atoms with E-state index in [-0.39, 0.29) is 5.82 Å². The Morgan fingerprint density at radius 3 is 2.87 bits per heavy atom. The normalized spacial score (nSPS) is 17.1. The molecular formula is C17H20FN5. The Hall–Kier alpha value is -2.21. The van der Waals surface area contributed by atoms with E-state index in [0.29, 0.717) is 5.92 Å². The molecule has 2 aromatic heterocycles. The van der Waals surface area contributed by atoms with Gasteiger partial charge in [0.2, 0.25) is 0 Å². The van der Waals surface area contributed by atoms with Gasteiger partial charge < -0.3 is 9.97 Å². The van der Waals surface area contributed by atoms with Crippen molar-refractivity contribution in [2.45, 2.75) is 32.2 Å². The van der Waals surface area contributed by atoms with Crippen LogP contribution in [0.3, 0.4) is 0 Å². The third kappa shape index (κ3) is 2.86. The molecule has 0 radical (unpaired) electrons. The first-order valence-corrected chi connectivity index (χ1v) is 8.05. The lowest BCUT2D eigenvalue weighted by atomic mass is 9.96. The molecule has 1 fully saturated rings. The number of imidazole rings is 2. The van der Waals surface area contributed by atoms with Gasteiger partial charge in [-0.25, -0.2) is 14.4 Å². The Kier molecular flexibility index (Phi) is 3.61. The van der Waals surface area contributed by atoms with Crippen molar-refractivity contribution < 1.29 is 4.39 Å². The fraction of sp³-hybridized carbons (Fsp3) is 0.412. The highest BCUT2D eigenvalue weighted by Crippen LogP contribution is 2.28. The molecular weight excluding hydrogens is 293 g/mol. The SMILES string of the molecule is Cc1[nH]cnc1CN1CCC(c2nc3ccc(F)cc3[nH]2)CC1. The average Bonchev–Trinajstić information content (AvgIpc) is 3.14. The number of hydrogen-bond donors (Lipinski definition) is 2. The maximum Gasteiger partial charge on any atom is 0.125 e. The van der Waals surface area contributed by atoms with Crippen LogP contribution in [0.15, 0.2) is 24.5 Å². The Morgan fingerprint density at radius 2 is 2.13 bits per heavy atom. The minimum atomic E-state index is -0.225. The Bertz CT molecular complexity index is 813. The summed E-state index contributed by atoms with van der Waals surface area (Å²) in [4.78, 5) is 17.9. The van der Waals surface area contributed by atoms with Crippen LogP contribution < -0.4 is 0 Å². The molecule has 6 heteroatoms. The highest BCUT2D eigenvalue weighted by molar-refractivity contribution is 5.75. The summed E-state index contributed by atoms with van der Waals surface area (Å²) in [7, 11) is 0. The van der Waals surface area contributed by atoms with Gasteiger partial charge in [0.25, 0.3) is 0 Å². The number of hydrogen-bond acceptors (Lipinski definition) is 3. The van der Waals surface area contributed by atoms with E-state index in [1.165, 1.54) is 12.1 Å². The molecule has 0 aliphatic carbocycles. The average molecular weight is 313 g/mol. The predicted octanol–water partition coefficient (Wildman–Crippen LogP) is 3.11. The summed E-state index contributed by atoms with van der Waals surface area (Å²) in [5.41, 5.74) is 3.90. The van der Waals surface area contributed by atoms with E-state index in [1.807, 2.05) is 0 Å². The lowest BCUT2D eigenvalue weighted by molar-refractivity contribution is 0.200. The zero-order valence-corrected chi connectivity index (χ0v) is 13.1. The minimum absolute atomic E-state index is 0.225. The first-order chi connectivity index (χ1) is 11.2. The molecule has 120 valence electrons. The number of likely N-dealkylation sites (tertiary alicyclic amines) is 1. The topological polar surface area (TPSA) is 60.6 Å². The summed E-state index contributed by atoms with van der Waals surface area (Å²) in [6.07, 6.45) is 3.88. The second kappa shape index (κ2) is 5.77. The standard InChI is InChI=1S/C17H20FN5/c1-11-16(20-10-19-11)9-23-6-4-12(5-7-23)17-21-14-3-2-13(18)8-15(14)22-17/h2-3,8,10,12H,4-7,9H2,1H3,(H,19,20)(H,21,22). The molecule has 4 rings (SSSR count). The number of nitrogens with zero attached hydrogens (tertiary/aromatic N) is 3. The summed E-state index contributed by atoms with van der Waals surface area (Å²) in [5, 5.41) is 0. The molecule has 23 heavy (non-hydrogen) atoms. The number of piperidine rings is 1. The predicted molar refractivity (Wildman–Crippen MR) is 86.6 cm³/mol. The highest BCUT2D eigenvalue weighted by Gasteiger charge is 2.23. The van der Waals surface area contributed by atoms with Gasteiger partial charge in [-0.2, -0.15) is 0 Å². The third-order valence-electron chi connectivity index (χ3n) is 4.74. The molecule has 3 heterocycles. The van der Waals surface area contributed by atoms with Gasteiger partial charge in [0, 0.05) is 18.2 Å². The van der Waals surface area contributed by atoms with E-state index in [9.17, 15) is 4.39 Å². The van der Waals surface area contributed by atoms with Crippen LogP contribution >= 0.6 is 0 Å². The summed E-state index contributed by atoms with van der Waals surface area (Å²) in [6, 6.07) is 4.71. The lowest BCUT2D eigenvalue weighted by Crippen LogP contribution is -2.33. The van der Waals surface area contributed by atoms with Crippen molar-refractivity contribution in [2.24, 2.45) is 0 Å². The van der Waals surface area contributed by atoms with Crippen LogP contribution in [0.1, 0.15) is 36.0 Å². The summed E-state index contributed by atoms with van der Waals surface area (Å²) in [6.45, 7) is 5.01. The van der Waals surface area contributed by atoms with Crippen LogP contribution in [-0.4, -0.2) is 37.9 Å². The second-order valence-corrected chi connectivity index (χ2v) is 6.31. The van der Waals surface area contributed by atoms with Crippen LogP contribution in [0, 0.1) is 12.7 Å². The number of fused-ring (bicyclic) bond motifs is 1. The van der Waals surface area contributed by atoms with Crippen molar-refractivity contribution in [2.75, 3.05) is 13.1 Å². The fourth-order valence-corrected chi connectivity index (χ4v) is 3.32. The lowest BCUT2D eigenvalue weighted by Gasteiger charge is -2.30. The van der Waals surface area contributed by atoms with Crippen LogP contribution in [0.5, 0.6) is 0 Å². The number of aromatic nitrogens is 4. The van der Waals surface area contributed by atoms with Crippen molar-refractivity contribution in [3.8, 4) is 0 Å². The molecule has 5 nitrogen and oxygen atoms in total.